The summed E-state index contributed by atoms with van der Waals surface area (Å²) >= 11 is 0. The molecule has 0 radical (unpaired) electrons. The third kappa shape index (κ3) is 6.08. The van der Waals surface area contributed by atoms with Gasteiger partial charge in [0.15, 0.2) is 6.10 Å². The van der Waals surface area contributed by atoms with Crippen LogP contribution in [0.4, 0.5) is 0 Å². The van der Waals surface area contributed by atoms with Crippen LogP contribution in [0.3, 0.4) is 0 Å². The molecule has 0 saturated heterocycles. The normalized spacial score (nSPS) is 11.6. The van der Waals surface area contributed by atoms with Crippen molar-refractivity contribution in [1.82, 2.24) is 0 Å². The molecule has 0 amide bonds. The zero-order chi connectivity index (χ0) is 13.9. The van der Waals surface area contributed by atoms with Crippen LogP contribution in [0.1, 0.15) is 24.8 Å². The number of unbranched alkanes of at least 4 members (excludes halogenated alkanes) is 2. The molecule has 3 nitrogen and oxygen atoms in total. The zero-order valence-corrected chi connectivity index (χ0v) is 11.3. The highest BCUT2D eigenvalue weighted by molar-refractivity contribution is 5.74. The van der Waals surface area contributed by atoms with Gasteiger partial charge in [0.05, 0.1) is 7.11 Å². The number of carbonyl (C=O) groups is 1. The molecule has 0 N–H and O–H groups in total. The summed E-state index contributed by atoms with van der Waals surface area (Å²) in [7, 11) is 1.38. The fraction of sp³-hybridized carbons (Fsp3) is 0.438. The summed E-state index contributed by atoms with van der Waals surface area (Å²) in [6.07, 6.45) is 7.67. The lowest BCUT2D eigenvalue weighted by molar-refractivity contribution is -0.154. The summed E-state index contributed by atoms with van der Waals surface area (Å²) in [5.74, 6) is 2.25. The predicted octanol–water partition coefficient (Wildman–Crippen LogP) is 2.59. The number of hydrogen-bond donors (Lipinski definition) is 0. The molecule has 0 heterocycles. The maximum absolute atomic E-state index is 11.7. The maximum Gasteiger partial charge on any atom is 0.335 e. The lowest BCUT2D eigenvalue weighted by Gasteiger charge is -2.15. The lowest BCUT2D eigenvalue weighted by Crippen LogP contribution is -2.28. The third-order valence-electron chi connectivity index (χ3n) is 2.76. The van der Waals surface area contributed by atoms with Gasteiger partial charge in [-0.25, -0.2) is 4.79 Å². The average Bonchev–Trinajstić information content (AvgIpc) is 2.46. The van der Waals surface area contributed by atoms with Gasteiger partial charge in [-0.15, -0.1) is 12.3 Å². The van der Waals surface area contributed by atoms with Crippen LogP contribution in [-0.2, 0) is 20.7 Å². The first-order chi connectivity index (χ1) is 9.27. The fourth-order valence-corrected chi connectivity index (χ4v) is 1.72. The van der Waals surface area contributed by atoms with Crippen molar-refractivity contribution in [3.8, 4) is 12.3 Å². The second kappa shape index (κ2) is 9.18. The van der Waals surface area contributed by atoms with Crippen molar-refractivity contribution in [3.05, 3.63) is 35.9 Å². The van der Waals surface area contributed by atoms with Crippen molar-refractivity contribution in [2.24, 2.45) is 0 Å². The molecule has 0 spiro atoms. The average molecular weight is 260 g/mol. The summed E-state index contributed by atoms with van der Waals surface area (Å²) < 4.78 is 10.4. The molecule has 1 rings (SSSR count). The fourth-order valence-electron chi connectivity index (χ4n) is 1.72. The molecular weight excluding hydrogens is 240 g/mol. The van der Waals surface area contributed by atoms with Gasteiger partial charge < -0.3 is 9.47 Å². The van der Waals surface area contributed by atoms with E-state index < -0.39 is 6.10 Å². The number of benzene rings is 1. The standard InChI is InChI=1S/C16H20O3/c1-3-4-5-9-12-19-15(16(17)18-2)13-14-10-7-6-8-11-14/h1,6-8,10-11,15H,4-5,9,12-13H2,2H3. The first kappa shape index (κ1) is 15.3. The SMILES string of the molecule is C#CCCCCOC(Cc1ccccc1)C(=O)OC. The Kier molecular flexibility index (Phi) is 7.38. The van der Waals surface area contributed by atoms with Crippen LogP contribution in [-0.4, -0.2) is 25.8 Å². The van der Waals surface area contributed by atoms with Gasteiger partial charge in [-0.05, 0) is 18.4 Å². The monoisotopic (exact) mass is 260 g/mol. The van der Waals surface area contributed by atoms with Crippen molar-refractivity contribution in [2.75, 3.05) is 13.7 Å². The number of rotatable bonds is 8. The molecule has 3 heteroatoms. The number of terminal acetylenes is 1. The smallest absolute Gasteiger partial charge is 0.335 e. The van der Waals surface area contributed by atoms with Crippen molar-refractivity contribution in [3.63, 3.8) is 0 Å². The van der Waals surface area contributed by atoms with Crippen molar-refractivity contribution in [2.45, 2.75) is 31.8 Å². The molecule has 0 aliphatic heterocycles. The molecule has 0 aromatic heterocycles. The largest absolute Gasteiger partial charge is 0.467 e. The van der Waals surface area contributed by atoms with Crippen LogP contribution in [0.15, 0.2) is 30.3 Å². The number of ether oxygens (including phenoxy) is 2. The van der Waals surface area contributed by atoms with Gasteiger partial charge in [-0.2, -0.15) is 0 Å². The van der Waals surface area contributed by atoms with Crippen LogP contribution in [0.25, 0.3) is 0 Å². The van der Waals surface area contributed by atoms with Gasteiger partial charge in [0.2, 0.25) is 0 Å². The Labute approximate surface area is 114 Å². The van der Waals surface area contributed by atoms with E-state index in [9.17, 15) is 4.79 Å². The number of methoxy groups -OCH3 is 1. The molecule has 1 aromatic rings. The highest BCUT2D eigenvalue weighted by Gasteiger charge is 2.19. The van der Waals surface area contributed by atoms with Crippen molar-refractivity contribution < 1.29 is 14.3 Å². The van der Waals surface area contributed by atoms with E-state index in [-0.39, 0.29) is 5.97 Å². The number of esters is 1. The van der Waals surface area contributed by atoms with Gasteiger partial charge in [-0.3, -0.25) is 0 Å². The summed E-state index contributed by atoms with van der Waals surface area (Å²) in [5, 5.41) is 0. The van der Waals surface area contributed by atoms with Gasteiger partial charge in [0.1, 0.15) is 0 Å². The summed E-state index contributed by atoms with van der Waals surface area (Å²) in [5.41, 5.74) is 1.06. The summed E-state index contributed by atoms with van der Waals surface area (Å²) in [4.78, 5) is 11.7. The highest BCUT2D eigenvalue weighted by Crippen LogP contribution is 2.08. The molecule has 1 atom stereocenters. The van der Waals surface area contributed by atoms with Gasteiger partial charge >= 0.3 is 5.97 Å². The molecule has 1 aromatic carbocycles. The van der Waals surface area contributed by atoms with Crippen molar-refractivity contribution >= 4 is 5.97 Å². The van der Waals surface area contributed by atoms with Crippen LogP contribution >= 0.6 is 0 Å². The lowest BCUT2D eigenvalue weighted by atomic mass is 10.1. The van der Waals surface area contributed by atoms with E-state index in [4.69, 9.17) is 15.9 Å². The molecule has 0 aliphatic carbocycles. The molecule has 0 saturated carbocycles. The Bertz CT molecular complexity index is 406. The summed E-state index contributed by atoms with van der Waals surface area (Å²) in [6, 6.07) is 9.76. The first-order valence-corrected chi connectivity index (χ1v) is 6.44. The van der Waals surface area contributed by atoms with E-state index in [0.717, 1.165) is 24.8 Å². The molecule has 0 fully saturated rings. The second-order valence-electron chi connectivity index (χ2n) is 4.23. The van der Waals surface area contributed by atoms with Gasteiger partial charge in [0, 0.05) is 19.4 Å². The molecule has 19 heavy (non-hydrogen) atoms. The van der Waals surface area contributed by atoms with Crippen LogP contribution in [0.2, 0.25) is 0 Å². The minimum absolute atomic E-state index is 0.333. The molecule has 102 valence electrons. The quantitative estimate of drug-likeness (QED) is 0.409. The molecule has 1 unspecified atom stereocenters. The molecular formula is C16H20O3. The Morgan fingerprint density at radius 2 is 2.05 bits per heavy atom. The van der Waals surface area contributed by atoms with E-state index in [1.807, 2.05) is 30.3 Å². The Balaban J connectivity index is 2.44. The maximum atomic E-state index is 11.7. The van der Waals surface area contributed by atoms with E-state index in [1.165, 1.54) is 7.11 Å². The Hall–Kier alpha value is -1.79. The molecule has 0 aliphatic rings. The van der Waals surface area contributed by atoms with Gasteiger partial charge in [-0.1, -0.05) is 30.3 Å². The zero-order valence-electron chi connectivity index (χ0n) is 11.3. The summed E-state index contributed by atoms with van der Waals surface area (Å²) in [6.45, 7) is 0.522. The van der Waals surface area contributed by atoms with Crippen LogP contribution < -0.4 is 0 Å². The number of carbonyl (C=O) groups excluding carboxylic acids is 1. The van der Waals surface area contributed by atoms with Crippen molar-refractivity contribution in [1.29, 1.82) is 0 Å². The third-order valence-corrected chi connectivity index (χ3v) is 2.76. The second-order valence-corrected chi connectivity index (χ2v) is 4.23. The Morgan fingerprint density at radius 1 is 1.32 bits per heavy atom. The van der Waals surface area contributed by atoms with E-state index in [1.54, 1.807) is 0 Å². The van der Waals surface area contributed by atoms with E-state index >= 15 is 0 Å². The molecule has 0 bridgehead atoms. The van der Waals surface area contributed by atoms with E-state index in [2.05, 4.69) is 5.92 Å². The topological polar surface area (TPSA) is 35.5 Å². The highest BCUT2D eigenvalue weighted by atomic mass is 16.6. The van der Waals surface area contributed by atoms with Crippen LogP contribution in [0, 0.1) is 12.3 Å². The predicted molar refractivity (Wildman–Crippen MR) is 74.6 cm³/mol. The first-order valence-electron chi connectivity index (χ1n) is 6.44. The number of hydrogen-bond acceptors (Lipinski definition) is 3. The van der Waals surface area contributed by atoms with E-state index in [0.29, 0.717) is 13.0 Å². The Morgan fingerprint density at radius 3 is 2.68 bits per heavy atom. The van der Waals surface area contributed by atoms with Crippen LogP contribution in [0.5, 0.6) is 0 Å². The minimum Gasteiger partial charge on any atom is -0.467 e. The van der Waals surface area contributed by atoms with Gasteiger partial charge in [0.25, 0.3) is 0 Å². The minimum atomic E-state index is -0.543.